The molecule has 0 saturated carbocycles. The number of imidazole rings is 1. The molecule has 2 aromatic carbocycles. The molecule has 7 nitrogen and oxygen atoms in total. The van der Waals surface area contributed by atoms with Gasteiger partial charge in [0.15, 0.2) is 0 Å². The summed E-state index contributed by atoms with van der Waals surface area (Å²) in [4.78, 5) is 30.9. The maximum atomic E-state index is 14.0. The van der Waals surface area contributed by atoms with Gasteiger partial charge in [0.25, 0.3) is 5.91 Å². The topological polar surface area (TPSA) is 91.1 Å². The number of aromatic amines is 1. The molecule has 0 unspecified atom stereocenters. The fraction of sp³-hybridized carbons (Fsp3) is 0.296. The van der Waals surface area contributed by atoms with Gasteiger partial charge in [-0.3, -0.25) is 9.78 Å². The van der Waals surface area contributed by atoms with Crippen LogP contribution in [0.5, 0.6) is 0 Å². The van der Waals surface area contributed by atoms with Crippen LogP contribution in [0.1, 0.15) is 34.8 Å². The van der Waals surface area contributed by atoms with Crippen molar-refractivity contribution >= 4 is 28.3 Å². The highest BCUT2D eigenvalue weighted by Crippen LogP contribution is 2.38. The minimum atomic E-state index is -0.314. The lowest BCUT2D eigenvalue weighted by molar-refractivity contribution is 0.0989. The lowest BCUT2D eigenvalue weighted by Crippen LogP contribution is -2.40. The van der Waals surface area contributed by atoms with E-state index >= 15 is 0 Å². The van der Waals surface area contributed by atoms with Crippen molar-refractivity contribution in [2.24, 2.45) is 5.73 Å². The number of pyridine rings is 1. The zero-order valence-electron chi connectivity index (χ0n) is 19.5. The van der Waals surface area contributed by atoms with E-state index in [1.165, 1.54) is 5.56 Å². The molecule has 172 valence electrons. The summed E-state index contributed by atoms with van der Waals surface area (Å²) in [6.07, 6.45) is 5.22. The molecule has 1 atom stereocenters. The van der Waals surface area contributed by atoms with Crippen LogP contribution >= 0.6 is 0 Å². The fourth-order valence-corrected chi connectivity index (χ4v) is 5.30. The number of carbonyl (C=O) groups excluding carboxylic acids is 1. The van der Waals surface area contributed by atoms with Crippen LogP contribution in [0.2, 0.25) is 0 Å². The number of nitrogens with two attached hydrogens (primary N) is 1. The molecule has 1 amide bonds. The summed E-state index contributed by atoms with van der Waals surface area (Å²) in [7, 11) is 0. The summed E-state index contributed by atoms with van der Waals surface area (Å²) in [6, 6.07) is 14.2. The standard InChI is InChI=1S/C27H28N6O/c1-17-6-5-8-21-23(17)31-25(30-21)19-14-29-15-20(24(19)32-13-11-27(2,28)16-32)26(34)33-12-10-18-7-3-4-9-22(18)33/h3-9,14-15H,10-13,16,28H2,1-2H3,(H,30,31)/t27-/m0/s1. The number of aryl methyl sites for hydroxylation is 1. The first-order valence-corrected chi connectivity index (χ1v) is 11.8. The number of hydrogen-bond donors (Lipinski definition) is 2. The molecular formula is C27H28N6O. The molecule has 2 aromatic heterocycles. The van der Waals surface area contributed by atoms with Crippen LogP contribution < -0.4 is 15.5 Å². The molecular weight excluding hydrogens is 424 g/mol. The van der Waals surface area contributed by atoms with Gasteiger partial charge in [0.05, 0.1) is 27.8 Å². The van der Waals surface area contributed by atoms with Crippen LogP contribution in [0.3, 0.4) is 0 Å². The van der Waals surface area contributed by atoms with Crippen molar-refractivity contribution in [3.05, 3.63) is 71.5 Å². The lowest BCUT2D eigenvalue weighted by atomic mass is 10.0. The largest absolute Gasteiger partial charge is 0.368 e. The number of nitrogens with one attached hydrogen (secondary N) is 1. The quantitative estimate of drug-likeness (QED) is 0.489. The Morgan fingerprint density at radius 2 is 1.97 bits per heavy atom. The average molecular weight is 453 g/mol. The molecule has 0 radical (unpaired) electrons. The van der Waals surface area contributed by atoms with Gasteiger partial charge < -0.3 is 20.5 Å². The maximum Gasteiger partial charge on any atom is 0.261 e. The average Bonchev–Trinajstić information content (AvgIpc) is 3.55. The first-order chi connectivity index (χ1) is 16.4. The second kappa shape index (κ2) is 7.67. The van der Waals surface area contributed by atoms with Crippen LogP contribution in [0.15, 0.2) is 54.9 Å². The van der Waals surface area contributed by atoms with Crippen LogP contribution in [-0.4, -0.2) is 46.0 Å². The number of nitrogens with zero attached hydrogens (tertiary/aromatic N) is 4. The Bertz CT molecular complexity index is 1420. The van der Waals surface area contributed by atoms with E-state index in [1.807, 2.05) is 41.4 Å². The number of benzene rings is 2. The van der Waals surface area contributed by atoms with Crippen LogP contribution in [0.25, 0.3) is 22.4 Å². The number of hydrogen-bond acceptors (Lipinski definition) is 5. The van der Waals surface area contributed by atoms with Crippen LogP contribution in [0, 0.1) is 6.92 Å². The summed E-state index contributed by atoms with van der Waals surface area (Å²) in [5.74, 6) is 0.682. The van der Waals surface area contributed by atoms with Crippen molar-refractivity contribution in [3.8, 4) is 11.4 Å². The van der Waals surface area contributed by atoms with E-state index < -0.39 is 0 Å². The fourth-order valence-electron chi connectivity index (χ4n) is 5.30. The monoisotopic (exact) mass is 452 g/mol. The van der Waals surface area contributed by atoms with Gasteiger partial charge >= 0.3 is 0 Å². The van der Waals surface area contributed by atoms with Crippen molar-refractivity contribution < 1.29 is 4.79 Å². The number of amides is 1. The number of H-pyrrole nitrogens is 1. The van der Waals surface area contributed by atoms with Crippen molar-refractivity contribution in [1.29, 1.82) is 0 Å². The van der Waals surface area contributed by atoms with Gasteiger partial charge in [-0.1, -0.05) is 30.3 Å². The molecule has 3 N–H and O–H groups in total. The van der Waals surface area contributed by atoms with E-state index in [9.17, 15) is 4.79 Å². The number of aromatic nitrogens is 3. The zero-order valence-corrected chi connectivity index (χ0v) is 19.5. The number of rotatable bonds is 3. The molecule has 2 aliphatic rings. The first kappa shape index (κ1) is 20.9. The SMILES string of the molecule is Cc1cccc2[nH]c(-c3cncc(C(=O)N4CCc5ccccc54)c3N3CC[C@](C)(N)C3)nc12. The van der Waals surface area contributed by atoms with Crippen molar-refractivity contribution in [2.45, 2.75) is 32.2 Å². The minimum absolute atomic E-state index is 0.0350. The second-order valence-electron chi connectivity index (χ2n) is 9.80. The third kappa shape index (κ3) is 3.35. The van der Waals surface area contributed by atoms with Crippen molar-refractivity contribution in [2.75, 3.05) is 29.4 Å². The molecule has 4 aromatic rings. The van der Waals surface area contributed by atoms with E-state index in [4.69, 9.17) is 10.7 Å². The summed E-state index contributed by atoms with van der Waals surface area (Å²) in [5.41, 5.74) is 13.6. The van der Waals surface area contributed by atoms with Gasteiger partial charge in [-0.05, 0) is 49.9 Å². The smallest absolute Gasteiger partial charge is 0.261 e. The molecule has 0 aliphatic carbocycles. The number of carbonyl (C=O) groups is 1. The van der Waals surface area contributed by atoms with Gasteiger partial charge in [0.1, 0.15) is 5.82 Å². The van der Waals surface area contributed by atoms with Gasteiger partial charge in [0.2, 0.25) is 0 Å². The van der Waals surface area contributed by atoms with E-state index in [-0.39, 0.29) is 11.4 Å². The van der Waals surface area contributed by atoms with Crippen molar-refractivity contribution in [1.82, 2.24) is 15.0 Å². The number of anilines is 2. The van der Waals surface area contributed by atoms with Crippen LogP contribution in [0.4, 0.5) is 11.4 Å². The lowest BCUT2D eigenvalue weighted by Gasteiger charge is -2.27. The second-order valence-corrected chi connectivity index (χ2v) is 9.80. The Hall–Kier alpha value is -3.71. The first-order valence-electron chi connectivity index (χ1n) is 11.8. The molecule has 2 aliphatic heterocycles. The molecule has 0 spiro atoms. The van der Waals surface area contributed by atoms with Crippen LogP contribution in [-0.2, 0) is 6.42 Å². The minimum Gasteiger partial charge on any atom is -0.368 e. The highest BCUT2D eigenvalue weighted by molar-refractivity contribution is 6.12. The summed E-state index contributed by atoms with van der Waals surface area (Å²) in [6.45, 7) is 6.23. The van der Waals surface area contributed by atoms with E-state index in [2.05, 4.69) is 40.8 Å². The summed E-state index contributed by atoms with van der Waals surface area (Å²) < 4.78 is 0. The molecule has 4 heterocycles. The van der Waals surface area contributed by atoms with Gasteiger partial charge in [0, 0.05) is 43.3 Å². The molecule has 1 fully saturated rings. The highest BCUT2D eigenvalue weighted by atomic mass is 16.2. The molecule has 34 heavy (non-hydrogen) atoms. The van der Waals surface area contributed by atoms with E-state index in [1.54, 1.807) is 6.20 Å². The molecule has 1 saturated heterocycles. The Balaban J connectivity index is 1.51. The van der Waals surface area contributed by atoms with E-state index in [0.29, 0.717) is 24.5 Å². The molecule has 6 rings (SSSR count). The molecule has 0 bridgehead atoms. The number of para-hydroxylation sites is 2. The Kier molecular flexibility index (Phi) is 4.71. The Labute approximate surface area is 198 Å². The summed E-state index contributed by atoms with van der Waals surface area (Å²) >= 11 is 0. The van der Waals surface area contributed by atoms with E-state index in [0.717, 1.165) is 52.9 Å². The summed E-state index contributed by atoms with van der Waals surface area (Å²) in [5, 5.41) is 0. The van der Waals surface area contributed by atoms with Crippen molar-refractivity contribution in [3.63, 3.8) is 0 Å². The highest BCUT2D eigenvalue weighted by Gasteiger charge is 2.36. The maximum absolute atomic E-state index is 14.0. The normalized spacial score (nSPS) is 19.7. The van der Waals surface area contributed by atoms with Gasteiger partial charge in [-0.15, -0.1) is 0 Å². The predicted molar refractivity (Wildman–Crippen MR) is 135 cm³/mol. The van der Waals surface area contributed by atoms with Gasteiger partial charge in [-0.25, -0.2) is 4.98 Å². The third-order valence-electron chi connectivity index (χ3n) is 7.07. The predicted octanol–water partition coefficient (Wildman–Crippen LogP) is 4.06. The zero-order chi connectivity index (χ0) is 23.4. The van der Waals surface area contributed by atoms with Gasteiger partial charge in [-0.2, -0.15) is 0 Å². The Morgan fingerprint density at radius 3 is 2.76 bits per heavy atom. The number of fused-ring (bicyclic) bond motifs is 2. The third-order valence-corrected chi connectivity index (χ3v) is 7.07. The molecule has 7 heteroatoms. The Morgan fingerprint density at radius 1 is 1.12 bits per heavy atom.